The first-order chi connectivity index (χ1) is 9.06. The minimum Gasteiger partial charge on any atom is -0.352 e. The number of amides is 1. The number of carbonyl (C=O) groups is 1. The summed E-state index contributed by atoms with van der Waals surface area (Å²) in [5, 5.41) is 2.82. The van der Waals surface area contributed by atoms with Crippen LogP contribution in [0.4, 0.5) is 4.39 Å². The summed E-state index contributed by atoms with van der Waals surface area (Å²) >= 11 is 0. The maximum absolute atomic E-state index is 13.6. The van der Waals surface area contributed by atoms with Crippen molar-refractivity contribution >= 4 is 18.3 Å². The molecule has 1 aromatic carbocycles. The average Bonchev–Trinajstić information content (AvgIpc) is 2.39. The summed E-state index contributed by atoms with van der Waals surface area (Å²) in [7, 11) is 0. The molecule has 1 aliphatic carbocycles. The second-order valence-electron chi connectivity index (χ2n) is 5.49. The van der Waals surface area contributed by atoms with E-state index in [4.69, 9.17) is 5.73 Å². The lowest BCUT2D eigenvalue weighted by Gasteiger charge is -2.26. The number of carbonyl (C=O) groups excluding carboxylic acids is 1. The molecule has 0 radical (unpaired) electrons. The van der Waals surface area contributed by atoms with Crippen LogP contribution in [0.3, 0.4) is 0 Å². The van der Waals surface area contributed by atoms with Gasteiger partial charge in [0.2, 0.25) is 0 Å². The summed E-state index contributed by atoms with van der Waals surface area (Å²) in [4.78, 5) is 12.0. The highest BCUT2D eigenvalue weighted by Crippen LogP contribution is 2.22. The monoisotopic (exact) mass is 300 g/mol. The SMILES string of the molecule is Cc1ccc(F)c(C(=O)NCC2CCCC(N)C2)c1.Cl. The van der Waals surface area contributed by atoms with Crippen molar-refractivity contribution in [3.05, 3.63) is 35.1 Å². The Kier molecular flexibility index (Phi) is 6.43. The second kappa shape index (κ2) is 7.60. The predicted octanol–water partition coefficient (Wildman–Crippen LogP) is 2.80. The van der Waals surface area contributed by atoms with E-state index < -0.39 is 5.82 Å². The summed E-state index contributed by atoms with van der Waals surface area (Å²) in [5.74, 6) is -0.385. The molecule has 2 atom stereocenters. The quantitative estimate of drug-likeness (QED) is 0.902. The van der Waals surface area contributed by atoms with Gasteiger partial charge in [0.05, 0.1) is 5.56 Å². The van der Waals surface area contributed by atoms with Gasteiger partial charge in [-0.05, 0) is 44.2 Å². The number of hydrogen-bond donors (Lipinski definition) is 2. The first-order valence-corrected chi connectivity index (χ1v) is 6.86. The molecule has 5 heteroatoms. The molecule has 0 aliphatic heterocycles. The van der Waals surface area contributed by atoms with Crippen molar-refractivity contribution in [3.8, 4) is 0 Å². The molecular formula is C15H22ClFN2O. The highest BCUT2D eigenvalue weighted by atomic mass is 35.5. The third kappa shape index (κ3) is 4.46. The number of benzene rings is 1. The van der Waals surface area contributed by atoms with E-state index in [1.54, 1.807) is 12.1 Å². The number of nitrogens with one attached hydrogen (secondary N) is 1. The minimum atomic E-state index is -0.469. The Hall–Kier alpha value is -1.13. The smallest absolute Gasteiger partial charge is 0.254 e. The van der Waals surface area contributed by atoms with Crippen LogP contribution in [0.5, 0.6) is 0 Å². The van der Waals surface area contributed by atoms with E-state index in [0.29, 0.717) is 12.5 Å². The minimum absolute atomic E-state index is 0. The van der Waals surface area contributed by atoms with Crippen LogP contribution < -0.4 is 11.1 Å². The van der Waals surface area contributed by atoms with Crippen molar-refractivity contribution < 1.29 is 9.18 Å². The lowest BCUT2D eigenvalue weighted by Crippen LogP contribution is -2.35. The molecule has 1 aliphatic rings. The first kappa shape index (κ1) is 16.9. The summed E-state index contributed by atoms with van der Waals surface area (Å²) in [6, 6.07) is 4.82. The Morgan fingerprint density at radius 3 is 2.90 bits per heavy atom. The highest BCUT2D eigenvalue weighted by molar-refractivity contribution is 5.94. The zero-order chi connectivity index (χ0) is 13.8. The van der Waals surface area contributed by atoms with E-state index in [2.05, 4.69) is 5.32 Å². The number of hydrogen-bond acceptors (Lipinski definition) is 2. The van der Waals surface area contributed by atoms with Crippen LogP contribution in [0.2, 0.25) is 0 Å². The lowest BCUT2D eigenvalue weighted by molar-refractivity contribution is 0.0938. The van der Waals surface area contributed by atoms with Crippen molar-refractivity contribution in [1.29, 1.82) is 0 Å². The van der Waals surface area contributed by atoms with E-state index >= 15 is 0 Å². The fourth-order valence-electron chi connectivity index (χ4n) is 2.66. The Bertz CT molecular complexity index is 467. The molecule has 0 bridgehead atoms. The zero-order valence-electron chi connectivity index (χ0n) is 11.7. The number of halogens is 2. The van der Waals surface area contributed by atoms with Gasteiger partial charge in [0, 0.05) is 12.6 Å². The van der Waals surface area contributed by atoms with Crippen LogP contribution in [0.15, 0.2) is 18.2 Å². The van der Waals surface area contributed by atoms with Crippen molar-refractivity contribution in [3.63, 3.8) is 0 Å². The van der Waals surface area contributed by atoms with E-state index in [9.17, 15) is 9.18 Å². The number of nitrogens with two attached hydrogens (primary N) is 1. The summed E-state index contributed by atoms with van der Waals surface area (Å²) < 4.78 is 13.6. The van der Waals surface area contributed by atoms with E-state index in [1.165, 1.54) is 6.07 Å². The molecule has 2 rings (SSSR count). The fraction of sp³-hybridized carbons (Fsp3) is 0.533. The summed E-state index contributed by atoms with van der Waals surface area (Å²) in [5.41, 5.74) is 6.92. The van der Waals surface area contributed by atoms with Gasteiger partial charge in [-0.15, -0.1) is 12.4 Å². The number of rotatable bonds is 3. The molecule has 3 nitrogen and oxygen atoms in total. The third-order valence-electron chi connectivity index (χ3n) is 3.74. The van der Waals surface area contributed by atoms with Gasteiger partial charge in [0.1, 0.15) is 5.82 Å². The normalized spacial score (nSPS) is 21.9. The molecule has 1 fully saturated rings. The molecule has 0 saturated heterocycles. The third-order valence-corrected chi connectivity index (χ3v) is 3.74. The molecule has 0 aromatic heterocycles. The number of aryl methyl sites for hydroxylation is 1. The Morgan fingerprint density at radius 1 is 1.45 bits per heavy atom. The van der Waals surface area contributed by atoms with Gasteiger partial charge in [0.15, 0.2) is 0 Å². The molecule has 1 saturated carbocycles. The largest absolute Gasteiger partial charge is 0.352 e. The highest BCUT2D eigenvalue weighted by Gasteiger charge is 2.20. The Labute approximate surface area is 125 Å². The van der Waals surface area contributed by atoms with Gasteiger partial charge in [-0.2, -0.15) is 0 Å². The molecule has 1 aromatic rings. The second-order valence-corrected chi connectivity index (χ2v) is 5.49. The Morgan fingerprint density at radius 2 is 2.20 bits per heavy atom. The van der Waals surface area contributed by atoms with Gasteiger partial charge in [0.25, 0.3) is 5.91 Å². The van der Waals surface area contributed by atoms with Crippen molar-refractivity contribution in [2.45, 2.75) is 38.6 Å². The van der Waals surface area contributed by atoms with Crippen LogP contribution in [-0.4, -0.2) is 18.5 Å². The summed E-state index contributed by atoms with van der Waals surface area (Å²) in [6.07, 6.45) is 4.21. The van der Waals surface area contributed by atoms with Gasteiger partial charge in [-0.25, -0.2) is 4.39 Å². The van der Waals surface area contributed by atoms with Gasteiger partial charge < -0.3 is 11.1 Å². The van der Waals surface area contributed by atoms with Crippen LogP contribution in [0.1, 0.15) is 41.6 Å². The van der Waals surface area contributed by atoms with Crippen LogP contribution >= 0.6 is 12.4 Å². The van der Waals surface area contributed by atoms with E-state index in [1.807, 2.05) is 6.92 Å². The van der Waals surface area contributed by atoms with E-state index in [0.717, 1.165) is 31.2 Å². The van der Waals surface area contributed by atoms with Crippen LogP contribution in [0, 0.1) is 18.7 Å². The first-order valence-electron chi connectivity index (χ1n) is 6.86. The van der Waals surface area contributed by atoms with Gasteiger partial charge >= 0.3 is 0 Å². The van der Waals surface area contributed by atoms with Crippen LogP contribution in [-0.2, 0) is 0 Å². The standard InChI is InChI=1S/C15H21FN2O.ClH/c1-10-5-6-14(16)13(7-10)15(19)18-9-11-3-2-4-12(17)8-11;/h5-7,11-12H,2-4,8-9,17H2,1H3,(H,18,19);1H. The summed E-state index contributed by atoms with van der Waals surface area (Å²) in [6.45, 7) is 2.43. The van der Waals surface area contributed by atoms with Gasteiger partial charge in [-0.1, -0.05) is 18.1 Å². The molecule has 1 amide bonds. The Balaban J connectivity index is 0.00000200. The molecular weight excluding hydrogens is 279 g/mol. The maximum atomic E-state index is 13.6. The average molecular weight is 301 g/mol. The van der Waals surface area contributed by atoms with E-state index in [-0.39, 0.29) is 29.9 Å². The zero-order valence-corrected chi connectivity index (χ0v) is 12.5. The maximum Gasteiger partial charge on any atom is 0.254 e. The molecule has 2 unspecified atom stereocenters. The fourth-order valence-corrected chi connectivity index (χ4v) is 2.66. The van der Waals surface area contributed by atoms with Crippen molar-refractivity contribution in [2.24, 2.45) is 11.7 Å². The van der Waals surface area contributed by atoms with Crippen molar-refractivity contribution in [1.82, 2.24) is 5.32 Å². The molecule has 112 valence electrons. The molecule has 0 spiro atoms. The molecule has 3 N–H and O–H groups in total. The topological polar surface area (TPSA) is 55.1 Å². The molecule has 20 heavy (non-hydrogen) atoms. The van der Waals surface area contributed by atoms with Crippen molar-refractivity contribution in [2.75, 3.05) is 6.54 Å². The van der Waals surface area contributed by atoms with Gasteiger partial charge in [-0.3, -0.25) is 4.79 Å². The van der Waals surface area contributed by atoms with Crippen LogP contribution in [0.25, 0.3) is 0 Å². The lowest BCUT2D eigenvalue weighted by atomic mass is 9.86. The molecule has 0 heterocycles. The predicted molar refractivity (Wildman–Crippen MR) is 80.7 cm³/mol.